The van der Waals surface area contributed by atoms with Crippen molar-refractivity contribution in [3.05, 3.63) is 277 Å². The highest BCUT2D eigenvalue weighted by Crippen LogP contribution is 2.63. The maximum atomic E-state index is 6.75. The van der Waals surface area contributed by atoms with E-state index in [4.69, 9.17) is 34.6 Å². The highest BCUT2D eigenvalue weighted by molar-refractivity contribution is 5.97. The summed E-state index contributed by atoms with van der Waals surface area (Å²) in [5.41, 5.74) is 15.4. The smallest absolute Gasteiger partial charge is 0.164 e. The fraction of sp³-hybridized carbons (Fsp3) is 0.0149. The van der Waals surface area contributed by atoms with E-state index in [0.29, 0.717) is 34.9 Å². The minimum atomic E-state index is -0.765. The predicted molar refractivity (Wildman–Crippen MR) is 294 cm³/mol. The summed E-state index contributed by atoms with van der Waals surface area (Å²) in [5, 5.41) is 0. The van der Waals surface area contributed by atoms with E-state index in [0.717, 1.165) is 101 Å². The van der Waals surface area contributed by atoms with Crippen LogP contribution >= 0.6 is 0 Å². The van der Waals surface area contributed by atoms with Crippen LogP contribution in [0.25, 0.3) is 102 Å². The number of para-hydroxylation sites is 2. The molecule has 1 aliphatic carbocycles. The van der Waals surface area contributed by atoms with E-state index >= 15 is 0 Å². The van der Waals surface area contributed by atoms with Crippen LogP contribution in [-0.4, -0.2) is 29.9 Å². The van der Waals surface area contributed by atoms with Crippen molar-refractivity contribution in [1.29, 1.82) is 0 Å². The Bertz CT molecular complexity index is 3870. The Morgan fingerprint density at radius 3 is 1.04 bits per heavy atom. The maximum absolute atomic E-state index is 6.75. The summed E-state index contributed by atoms with van der Waals surface area (Å²) in [5.74, 6) is 5.07. The van der Waals surface area contributed by atoms with E-state index in [1.165, 1.54) is 0 Å². The zero-order chi connectivity index (χ0) is 49.0. The second kappa shape index (κ2) is 17.7. The summed E-state index contributed by atoms with van der Waals surface area (Å²) in [4.78, 5) is 31.5. The second-order valence-corrected chi connectivity index (χ2v) is 18.6. The molecule has 74 heavy (non-hydrogen) atoms. The van der Waals surface area contributed by atoms with Crippen LogP contribution in [0.1, 0.15) is 22.3 Å². The number of ether oxygens (including phenoxy) is 1. The molecular formula is C67H42N6O. The number of rotatable bonds is 8. The fourth-order valence-electron chi connectivity index (χ4n) is 10.9. The van der Waals surface area contributed by atoms with Crippen molar-refractivity contribution in [3.63, 3.8) is 0 Å². The lowest BCUT2D eigenvalue weighted by Gasteiger charge is -2.39. The fourth-order valence-corrected chi connectivity index (χ4v) is 10.9. The second-order valence-electron chi connectivity index (χ2n) is 18.6. The normalized spacial score (nSPS) is 12.5. The molecule has 0 saturated heterocycles. The van der Waals surface area contributed by atoms with Gasteiger partial charge in [0.15, 0.2) is 34.9 Å². The lowest BCUT2D eigenvalue weighted by Crippen LogP contribution is -2.32. The molecule has 0 fully saturated rings. The van der Waals surface area contributed by atoms with Crippen molar-refractivity contribution < 1.29 is 4.74 Å². The first kappa shape index (κ1) is 42.9. The van der Waals surface area contributed by atoms with Crippen molar-refractivity contribution in [2.24, 2.45) is 0 Å². The Balaban J connectivity index is 1.00. The molecule has 0 saturated carbocycles. The van der Waals surface area contributed by atoms with Crippen molar-refractivity contribution in [2.75, 3.05) is 0 Å². The van der Waals surface area contributed by atoms with Crippen LogP contribution < -0.4 is 4.74 Å². The van der Waals surface area contributed by atoms with Gasteiger partial charge in [-0.15, -0.1) is 0 Å². The molecular weight excluding hydrogens is 905 g/mol. The van der Waals surface area contributed by atoms with Gasteiger partial charge >= 0.3 is 0 Å². The van der Waals surface area contributed by atoms with E-state index in [1.807, 2.05) is 84.9 Å². The topological polar surface area (TPSA) is 86.6 Å². The van der Waals surface area contributed by atoms with Gasteiger partial charge in [-0.3, -0.25) is 0 Å². The third kappa shape index (κ3) is 7.21. The van der Waals surface area contributed by atoms with Gasteiger partial charge in [0, 0.05) is 44.5 Å². The van der Waals surface area contributed by atoms with Gasteiger partial charge in [0.25, 0.3) is 0 Å². The number of hydrogen-bond donors (Lipinski definition) is 0. The first-order valence-electron chi connectivity index (χ1n) is 24.8. The first-order valence-corrected chi connectivity index (χ1v) is 24.8. The Hall–Kier alpha value is -9.98. The van der Waals surface area contributed by atoms with Gasteiger partial charge in [-0.2, -0.15) is 0 Å². The van der Waals surface area contributed by atoms with Gasteiger partial charge in [0.05, 0.1) is 5.41 Å². The summed E-state index contributed by atoms with van der Waals surface area (Å²) in [6, 6.07) is 88.0. The maximum Gasteiger partial charge on any atom is 0.164 e. The van der Waals surface area contributed by atoms with E-state index in [2.05, 4.69) is 170 Å². The zero-order valence-electron chi connectivity index (χ0n) is 39.8. The van der Waals surface area contributed by atoms with Crippen LogP contribution in [0.2, 0.25) is 0 Å². The summed E-state index contributed by atoms with van der Waals surface area (Å²) < 4.78 is 6.75. The van der Waals surface area contributed by atoms with Crippen molar-refractivity contribution >= 4 is 0 Å². The van der Waals surface area contributed by atoms with Crippen molar-refractivity contribution in [3.8, 4) is 113 Å². The molecule has 14 rings (SSSR count). The average Bonchev–Trinajstić information content (AvgIpc) is 3.78. The highest BCUT2D eigenvalue weighted by Gasteiger charge is 2.52. The Labute approximate surface area is 428 Å². The standard InChI is InChI=1S/C67H42N6O/c1-5-18-43(19-6-1)45-32-36-49(37-33-45)63-69-64(50-38-34-46(35-39-50)44-20-7-2-8-21-44)71-65(70-63)51-40-41-54-53(42-51)60-52(66-72-61(47-22-9-3-10-23-47)68-62(73-66)48-24-11-4-12-25-48)26-17-29-57(60)67(54)55-27-13-15-30-58(55)74-59-31-16-14-28-56(59)67/h1-42H. The summed E-state index contributed by atoms with van der Waals surface area (Å²) in [6.07, 6.45) is 0. The number of hydrogen-bond acceptors (Lipinski definition) is 7. The third-order valence-corrected chi connectivity index (χ3v) is 14.3. The molecule has 1 spiro atoms. The molecule has 12 aromatic rings. The van der Waals surface area contributed by atoms with Crippen LogP contribution in [0.15, 0.2) is 255 Å². The highest BCUT2D eigenvalue weighted by atomic mass is 16.5. The van der Waals surface area contributed by atoms with Crippen LogP contribution in [-0.2, 0) is 5.41 Å². The summed E-state index contributed by atoms with van der Waals surface area (Å²) in [6.45, 7) is 0. The minimum Gasteiger partial charge on any atom is -0.457 e. The van der Waals surface area contributed by atoms with Crippen LogP contribution in [0.5, 0.6) is 11.5 Å². The molecule has 0 atom stereocenters. The molecule has 0 unspecified atom stereocenters. The summed E-state index contributed by atoms with van der Waals surface area (Å²) >= 11 is 0. The number of aromatic nitrogens is 6. The zero-order valence-corrected chi connectivity index (χ0v) is 39.8. The van der Waals surface area contributed by atoms with Crippen LogP contribution in [0.4, 0.5) is 0 Å². The number of nitrogens with zero attached hydrogens (tertiary/aromatic N) is 6. The SMILES string of the molecule is c1ccc(-c2ccc(-c3nc(-c4ccc(-c5ccccc5)cc4)nc(-c4ccc5c(c4)-c4c(-c6nc(-c7ccccc7)nc(-c7ccccc7)n6)cccc4C54c5ccccc5Oc5ccccc54)n3)cc2)cc1. The lowest BCUT2D eigenvalue weighted by molar-refractivity contribution is 0.436. The van der Waals surface area contributed by atoms with Gasteiger partial charge in [-0.1, -0.05) is 237 Å². The van der Waals surface area contributed by atoms with Gasteiger partial charge < -0.3 is 4.74 Å². The van der Waals surface area contributed by atoms with Gasteiger partial charge in [0.1, 0.15) is 11.5 Å². The molecule has 3 heterocycles. The van der Waals surface area contributed by atoms with E-state index in [1.54, 1.807) is 0 Å². The molecule has 0 amide bonds. The first-order chi connectivity index (χ1) is 36.7. The molecule has 10 aromatic carbocycles. The van der Waals surface area contributed by atoms with Gasteiger partial charge in [0.2, 0.25) is 0 Å². The Morgan fingerprint density at radius 2 is 0.568 bits per heavy atom. The molecule has 7 heteroatoms. The van der Waals surface area contributed by atoms with Crippen molar-refractivity contribution in [1.82, 2.24) is 29.9 Å². The predicted octanol–water partition coefficient (Wildman–Crippen LogP) is 15.9. The van der Waals surface area contributed by atoms with E-state index in [-0.39, 0.29) is 0 Å². The van der Waals surface area contributed by atoms with Crippen molar-refractivity contribution in [2.45, 2.75) is 5.41 Å². The van der Waals surface area contributed by atoms with Crippen LogP contribution in [0.3, 0.4) is 0 Å². The van der Waals surface area contributed by atoms with Gasteiger partial charge in [-0.25, -0.2) is 29.9 Å². The molecule has 2 aliphatic rings. The lowest BCUT2D eigenvalue weighted by atomic mass is 9.66. The number of benzene rings is 10. The molecule has 7 nitrogen and oxygen atoms in total. The monoisotopic (exact) mass is 946 g/mol. The molecule has 0 radical (unpaired) electrons. The quantitative estimate of drug-likeness (QED) is 0.150. The Kier molecular flexibility index (Phi) is 10.3. The van der Waals surface area contributed by atoms with Crippen LogP contribution in [0, 0.1) is 0 Å². The molecule has 1 aliphatic heterocycles. The molecule has 0 N–H and O–H groups in total. The van der Waals surface area contributed by atoms with E-state index < -0.39 is 5.41 Å². The average molecular weight is 947 g/mol. The summed E-state index contributed by atoms with van der Waals surface area (Å²) in [7, 11) is 0. The van der Waals surface area contributed by atoms with E-state index in [9.17, 15) is 0 Å². The Morgan fingerprint density at radius 1 is 0.230 bits per heavy atom. The largest absolute Gasteiger partial charge is 0.457 e. The molecule has 2 aromatic heterocycles. The molecule has 346 valence electrons. The number of fused-ring (bicyclic) bond motifs is 9. The minimum absolute atomic E-state index is 0.553. The van der Waals surface area contributed by atoms with Gasteiger partial charge in [-0.05, 0) is 62.7 Å². The molecule has 0 bridgehead atoms. The third-order valence-electron chi connectivity index (χ3n) is 14.3.